The van der Waals surface area contributed by atoms with Gasteiger partial charge in [0.2, 0.25) is 0 Å². The van der Waals surface area contributed by atoms with Crippen LogP contribution in [0.15, 0.2) is 24.3 Å². The van der Waals surface area contributed by atoms with Crippen LogP contribution in [-0.4, -0.2) is 18.0 Å². The molecular weight excluding hydrogens is 218 g/mol. The highest BCUT2D eigenvalue weighted by molar-refractivity contribution is 5.32. The van der Waals surface area contributed by atoms with Gasteiger partial charge in [0, 0.05) is 6.04 Å². The zero-order chi connectivity index (χ0) is 12.8. The third-order valence-electron chi connectivity index (χ3n) is 4.09. The summed E-state index contributed by atoms with van der Waals surface area (Å²) in [5, 5.41) is 0. The topological polar surface area (TPSA) is 3.24 Å². The summed E-state index contributed by atoms with van der Waals surface area (Å²) in [6, 6.07) is 9.76. The van der Waals surface area contributed by atoms with Gasteiger partial charge in [0.25, 0.3) is 0 Å². The van der Waals surface area contributed by atoms with E-state index in [0.29, 0.717) is 6.04 Å². The fourth-order valence-electron chi connectivity index (χ4n) is 3.18. The SMILES string of the molecule is CCCCN(CCC)C1CCCc2ccccc21. The standard InChI is InChI=1S/C17H27N/c1-3-5-14-18(13-4-2)17-12-8-10-15-9-6-7-11-16(15)17/h6-7,9,11,17H,3-5,8,10,12-14H2,1-2H3. The average Bonchev–Trinajstić information content (AvgIpc) is 2.43. The minimum absolute atomic E-state index is 0.682. The van der Waals surface area contributed by atoms with Crippen molar-refractivity contribution in [3.05, 3.63) is 35.4 Å². The largest absolute Gasteiger partial charge is 0.296 e. The molecule has 18 heavy (non-hydrogen) atoms. The average molecular weight is 245 g/mol. The van der Waals surface area contributed by atoms with E-state index < -0.39 is 0 Å². The summed E-state index contributed by atoms with van der Waals surface area (Å²) in [4.78, 5) is 2.72. The van der Waals surface area contributed by atoms with Crippen molar-refractivity contribution < 1.29 is 0 Å². The third-order valence-corrected chi connectivity index (χ3v) is 4.09. The first kappa shape index (κ1) is 13.6. The smallest absolute Gasteiger partial charge is 0.0350 e. The van der Waals surface area contributed by atoms with E-state index in [4.69, 9.17) is 0 Å². The second-order valence-corrected chi connectivity index (χ2v) is 5.50. The summed E-state index contributed by atoms with van der Waals surface area (Å²) in [5.74, 6) is 0. The molecule has 0 N–H and O–H groups in total. The van der Waals surface area contributed by atoms with Crippen molar-refractivity contribution in [1.29, 1.82) is 0 Å². The Balaban J connectivity index is 2.15. The molecule has 0 aromatic heterocycles. The molecule has 1 nitrogen and oxygen atoms in total. The molecule has 1 aromatic carbocycles. The van der Waals surface area contributed by atoms with Crippen molar-refractivity contribution in [2.24, 2.45) is 0 Å². The van der Waals surface area contributed by atoms with Crippen LogP contribution < -0.4 is 0 Å². The van der Waals surface area contributed by atoms with Gasteiger partial charge in [-0.15, -0.1) is 0 Å². The van der Waals surface area contributed by atoms with Crippen LogP contribution in [-0.2, 0) is 6.42 Å². The number of benzene rings is 1. The van der Waals surface area contributed by atoms with E-state index in [2.05, 4.69) is 43.0 Å². The molecule has 1 atom stereocenters. The third kappa shape index (κ3) is 3.14. The first-order valence-corrected chi connectivity index (χ1v) is 7.68. The van der Waals surface area contributed by atoms with Gasteiger partial charge in [-0.1, -0.05) is 44.5 Å². The van der Waals surface area contributed by atoms with Gasteiger partial charge in [-0.05, 0) is 56.3 Å². The molecule has 1 aromatic rings. The number of aryl methyl sites for hydroxylation is 1. The van der Waals surface area contributed by atoms with Gasteiger partial charge < -0.3 is 0 Å². The summed E-state index contributed by atoms with van der Waals surface area (Å²) in [6.45, 7) is 7.11. The highest BCUT2D eigenvalue weighted by Gasteiger charge is 2.24. The molecule has 0 heterocycles. The minimum atomic E-state index is 0.682. The Morgan fingerprint density at radius 2 is 1.94 bits per heavy atom. The fourth-order valence-corrected chi connectivity index (χ4v) is 3.18. The molecule has 1 aliphatic rings. The molecule has 0 fully saturated rings. The van der Waals surface area contributed by atoms with E-state index in [1.807, 2.05) is 0 Å². The van der Waals surface area contributed by atoms with Crippen molar-refractivity contribution in [1.82, 2.24) is 4.90 Å². The zero-order valence-electron chi connectivity index (χ0n) is 12.0. The molecule has 0 bridgehead atoms. The highest BCUT2D eigenvalue weighted by Crippen LogP contribution is 2.34. The Morgan fingerprint density at radius 3 is 2.72 bits per heavy atom. The van der Waals surface area contributed by atoms with Crippen LogP contribution >= 0.6 is 0 Å². The number of hydrogen-bond donors (Lipinski definition) is 0. The summed E-state index contributed by atoms with van der Waals surface area (Å²) in [6.07, 6.45) is 7.88. The Bertz CT molecular complexity index is 358. The summed E-state index contributed by atoms with van der Waals surface area (Å²) in [5.41, 5.74) is 3.19. The number of hydrogen-bond acceptors (Lipinski definition) is 1. The second-order valence-electron chi connectivity index (χ2n) is 5.50. The monoisotopic (exact) mass is 245 g/mol. The Morgan fingerprint density at radius 1 is 1.11 bits per heavy atom. The molecule has 2 rings (SSSR count). The van der Waals surface area contributed by atoms with Gasteiger partial charge in [-0.25, -0.2) is 0 Å². The molecule has 100 valence electrons. The number of nitrogens with zero attached hydrogens (tertiary/aromatic N) is 1. The van der Waals surface area contributed by atoms with E-state index in [-0.39, 0.29) is 0 Å². The van der Waals surface area contributed by atoms with Gasteiger partial charge in [-0.3, -0.25) is 4.90 Å². The van der Waals surface area contributed by atoms with Gasteiger partial charge in [0.15, 0.2) is 0 Å². The van der Waals surface area contributed by atoms with Crippen LogP contribution in [0.1, 0.15) is 63.1 Å². The van der Waals surface area contributed by atoms with Crippen LogP contribution in [0, 0.1) is 0 Å². The molecule has 0 spiro atoms. The zero-order valence-corrected chi connectivity index (χ0v) is 12.0. The molecular formula is C17H27N. The van der Waals surface area contributed by atoms with Crippen LogP contribution in [0.2, 0.25) is 0 Å². The lowest BCUT2D eigenvalue weighted by molar-refractivity contribution is 0.176. The maximum absolute atomic E-state index is 2.72. The van der Waals surface area contributed by atoms with Crippen molar-refractivity contribution >= 4 is 0 Å². The van der Waals surface area contributed by atoms with Crippen LogP contribution in [0.5, 0.6) is 0 Å². The van der Waals surface area contributed by atoms with E-state index >= 15 is 0 Å². The molecule has 0 saturated carbocycles. The van der Waals surface area contributed by atoms with Crippen LogP contribution in [0.25, 0.3) is 0 Å². The van der Waals surface area contributed by atoms with Gasteiger partial charge >= 0.3 is 0 Å². The molecule has 0 saturated heterocycles. The van der Waals surface area contributed by atoms with Gasteiger partial charge in [-0.2, -0.15) is 0 Å². The summed E-state index contributed by atoms with van der Waals surface area (Å²) < 4.78 is 0. The highest BCUT2D eigenvalue weighted by atomic mass is 15.1. The summed E-state index contributed by atoms with van der Waals surface area (Å²) in [7, 11) is 0. The van der Waals surface area contributed by atoms with E-state index in [1.54, 1.807) is 11.1 Å². The molecule has 0 radical (unpaired) electrons. The molecule has 1 aliphatic carbocycles. The van der Waals surface area contributed by atoms with Gasteiger partial charge in [0.05, 0.1) is 0 Å². The lowest BCUT2D eigenvalue weighted by atomic mass is 9.86. The fraction of sp³-hybridized carbons (Fsp3) is 0.647. The predicted octanol–water partition coefficient (Wildman–Crippen LogP) is 4.58. The van der Waals surface area contributed by atoms with E-state index in [0.717, 1.165) is 0 Å². The van der Waals surface area contributed by atoms with Crippen molar-refractivity contribution in [3.8, 4) is 0 Å². The number of unbranched alkanes of at least 4 members (excludes halogenated alkanes) is 1. The van der Waals surface area contributed by atoms with E-state index in [1.165, 1.54) is 51.6 Å². The van der Waals surface area contributed by atoms with Crippen molar-refractivity contribution in [2.45, 2.75) is 58.4 Å². The normalized spacial score (nSPS) is 18.9. The first-order chi connectivity index (χ1) is 8.86. The Hall–Kier alpha value is -0.820. The van der Waals surface area contributed by atoms with Gasteiger partial charge in [0.1, 0.15) is 0 Å². The molecule has 1 unspecified atom stereocenters. The predicted molar refractivity (Wildman–Crippen MR) is 78.9 cm³/mol. The molecule has 0 aliphatic heterocycles. The first-order valence-electron chi connectivity index (χ1n) is 7.68. The lowest BCUT2D eigenvalue weighted by Crippen LogP contribution is -2.32. The van der Waals surface area contributed by atoms with Crippen LogP contribution in [0.4, 0.5) is 0 Å². The number of rotatable bonds is 6. The lowest BCUT2D eigenvalue weighted by Gasteiger charge is -2.36. The second kappa shape index (κ2) is 6.94. The maximum Gasteiger partial charge on any atom is 0.0350 e. The van der Waals surface area contributed by atoms with Crippen LogP contribution in [0.3, 0.4) is 0 Å². The van der Waals surface area contributed by atoms with Crippen molar-refractivity contribution in [2.75, 3.05) is 13.1 Å². The minimum Gasteiger partial charge on any atom is -0.296 e. The maximum atomic E-state index is 2.72. The Kier molecular flexibility index (Phi) is 5.25. The Labute approximate surface area is 112 Å². The van der Waals surface area contributed by atoms with Crippen molar-refractivity contribution in [3.63, 3.8) is 0 Å². The molecule has 0 amide bonds. The molecule has 1 heteroatoms. The quantitative estimate of drug-likeness (QED) is 0.709. The van der Waals surface area contributed by atoms with E-state index in [9.17, 15) is 0 Å². The number of fused-ring (bicyclic) bond motifs is 1. The summed E-state index contributed by atoms with van der Waals surface area (Å²) >= 11 is 0.